The lowest BCUT2D eigenvalue weighted by Crippen LogP contribution is -2.35. The Morgan fingerprint density at radius 1 is 1.24 bits per heavy atom. The molecule has 0 saturated carbocycles. The molecule has 0 saturated heterocycles. The molecule has 0 spiro atoms. The number of benzene rings is 1. The number of H-pyrrole nitrogens is 1. The van der Waals surface area contributed by atoms with Gasteiger partial charge in [0.2, 0.25) is 5.91 Å². The molecule has 0 aliphatic carbocycles. The second-order valence-corrected chi connectivity index (χ2v) is 5.19. The van der Waals surface area contributed by atoms with Gasteiger partial charge in [0.05, 0.1) is 13.2 Å². The van der Waals surface area contributed by atoms with E-state index in [1.54, 1.807) is 0 Å². The Morgan fingerprint density at radius 2 is 1.95 bits per heavy atom. The Labute approximate surface area is 124 Å². The summed E-state index contributed by atoms with van der Waals surface area (Å²) in [4.78, 5) is 16.8. The van der Waals surface area contributed by atoms with Crippen molar-refractivity contribution in [1.29, 1.82) is 0 Å². The SMILES string of the molecule is Cc1ccc2[nH]cc(CCC(=O)N(CCO)CCO)c2c1. The molecular formula is C16H22N2O3. The van der Waals surface area contributed by atoms with E-state index in [2.05, 4.69) is 17.1 Å². The van der Waals surface area contributed by atoms with Gasteiger partial charge in [0.25, 0.3) is 0 Å². The number of fused-ring (bicyclic) bond motifs is 1. The Balaban J connectivity index is 2.03. The fraction of sp³-hybridized carbons (Fsp3) is 0.438. The summed E-state index contributed by atoms with van der Waals surface area (Å²) < 4.78 is 0. The van der Waals surface area contributed by atoms with Crippen LogP contribution in [-0.4, -0.2) is 52.3 Å². The minimum Gasteiger partial charge on any atom is -0.395 e. The smallest absolute Gasteiger partial charge is 0.223 e. The zero-order valence-electron chi connectivity index (χ0n) is 12.3. The summed E-state index contributed by atoms with van der Waals surface area (Å²) in [5.41, 5.74) is 3.39. The van der Waals surface area contributed by atoms with E-state index < -0.39 is 0 Å². The van der Waals surface area contributed by atoms with Gasteiger partial charge < -0.3 is 20.1 Å². The second kappa shape index (κ2) is 7.24. The van der Waals surface area contributed by atoms with Crippen LogP contribution in [0.2, 0.25) is 0 Å². The molecule has 1 aromatic carbocycles. The van der Waals surface area contributed by atoms with Crippen molar-refractivity contribution in [2.75, 3.05) is 26.3 Å². The van der Waals surface area contributed by atoms with E-state index in [1.165, 1.54) is 10.5 Å². The second-order valence-electron chi connectivity index (χ2n) is 5.19. The summed E-state index contributed by atoms with van der Waals surface area (Å²) in [5.74, 6) is -0.0416. The highest BCUT2D eigenvalue weighted by Gasteiger charge is 2.13. The van der Waals surface area contributed by atoms with Crippen molar-refractivity contribution in [2.45, 2.75) is 19.8 Å². The van der Waals surface area contributed by atoms with Gasteiger partial charge in [0, 0.05) is 36.6 Å². The zero-order chi connectivity index (χ0) is 15.2. The maximum absolute atomic E-state index is 12.1. The summed E-state index contributed by atoms with van der Waals surface area (Å²) in [7, 11) is 0. The molecule has 114 valence electrons. The summed E-state index contributed by atoms with van der Waals surface area (Å²) in [5, 5.41) is 19.1. The molecule has 2 aromatic rings. The van der Waals surface area contributed by atoms with Gasteiger partial charge in [0.1, 0.15) is 0 Å². The number of carbonyl (C=O) groups is 1. The van der Waals surface area contributed by atoms with Crippen LogP contribution in [0.15, 0.2) is 24.4 Å². The molecule has 5 heteroatoms. The summed E-state index contributed by atoms with van der Waals surface area (Å²) in [6.45, 7) is 2.42. The highest BCUT2D eigenvalue weighted by molar-refractivity contribution is 5.84. The van der Waals surface area contributed by atoms with E-state index in [0.29, 0.717) is 12.8 Å². The highest BCUT2D eigenvalue weighted by Crippen LogP contribution is 2.21. The van der Waals surface area contributed by atoms with Gasteiger partial charge in [-0.25, -0.2) is 0 Å². The topological polar surface area (TPSA) is 76.6 Å². The third-order valence-corrected chi connectivity index (χ3v) is 3.62. The first kappa shape index (κ1) is 15.5. The van der Waals surface area contributed by atoms with E-state index in [4.69, 9.17) is 10.2 Å². The van der Waals surface area contributed by atoms with Crippen LogP contribution in [0.1, 0.15) is 17.5 Å². The lowest BCUT2D eigenvalue weighted by Gasteiger charge is -2.20. The third-order valence-electron chi connectivity index (χ3n) is 3.62. The van der Waals surface area contributed by atoms with Crippen LogP contribution in [0.25, 0.3) is 10.9 Å². The Kier molecular flexibility index (Phi) is 5.36. The van der Waals surface area contributed by atoms with Crippen molar-refractivity contribution >= 4 is 16.8 Å². The van der Waals surface area contributed by atoms with Gasteiger partial charge in [-0.15, -0.1) is 0 Å². The number of nitrogens with zero attached hydrogens (tertiary/aromatic N) is 1. The van der Waals surface area contributed by atoms with Gasteiger partial charge in [-0.3, -0.25) is 4.79 Å². The third kappa shape index (κ3) is 3.83. The van der Waals surface area contributed by atoms with E-state index in [9.17, 15) is 4.79 Å². The van der Waals surface area contributed by atoms with Crippen LogP contribution < -0.4 is 0 Å². The average molecular weight is 290 g/mol. The number of amides is 1. The molecule has 0 aliphatic rings. The van der Waals surface area contributed by atoms with Crippen LogP contribution >= 0.6 is 0 Å². The number of aromatic nitrogens is 1. The number of aryl methyl sites for hydroxylation is 2. The predicted molar refractivity (Wildman–Crippen MR) is 82.1 cm³/mol. The molecule has 0 fully saturated rings. The van der Waals surface area contributed by atoms with Crippen LogP contribution in [0.5, 0.6) is 0 Å². The lowest BCUT2D eigenvalue weighted by molar-refractivity contribution is -0.132. The molecule has 0 radical (unpaired) electrons. The summed E-state index contributed by atoms with van der Waals surface area (Å²) in [6.07, 6.45) is 2.97. The van der Waals surface area contributed by atoms with Gasteiger partial charge >= 0.3 is 0 Å². The number of hydrogen-bond donors (Lipinski definition) is 3. The zero-order valence-corrected chi connectivity index (χ0v) is 12.3. The first-order chi connectivity index (χ1) is 10.2. The number of hydrogen-bond acceptors (Lipinski definition) is 3. The molecule has 2 rings (SSSR count). The molecule has 0 bridgehead atoms. The van der Waals surface area contributed by atoms with E-state index in [0.717, 1.165) is 16.5 Å². The molecule has 0 aliphatic heterocycles. The molecule has 3 N–H and O–H groups in total. The fourth-order valence-electron chi connectivity index (χ4n) is 2.50. The molecule has 0 unspecified atom stereocenters. The average Bonchev–Trinajstić information content (AvgIpc) is 2.87. The summed E-state index contributed by atoms with van der Waals surface area (Å²) >= 11 is 0. The first-order valence-electron chi connectivity index (χ1n) is 7.22. The van der Waals surface area contributed by atoms with Gasteiger partial charge in [-0.1, -0.05) is 11.6 Å². The Hall–Kier alpha value is -1.85. The molecule has 1 amide bonds. The van der Waals surface area contributed by atoms with Crippen molar-refractivity contribution in [2.24, 2.45) is 0 Å². The maximum atomic E-state index is 12.1. The van der Waals surface area contributed by atoms with E-state index in [-0.39, 0.29) is 32.2 Å². The number of aliphatic hydroxyl groups is 2. The summed E-state index contributed by atoms with van der Waals surface area (Å²) in [6, 6.07) is 6.21. The van der Waals surface area contributed by atoms with Gasteiger partial charge in [0.15, 0.2) is 0 Å². The standard InChI is InChI=1S/C16H22N2O3/c1-12-2-4-15-14(10-12)13(11-17-15)3-5-16(21)18(6-8-19)7-9-20/h2,4,10-11,17,19-20H,3,5-9H2,1H3. The molecule has 21 heavy (non-hydrogen) atoms. The lowest BCUT2D eigenvalue weighted by atomic mass is 10.1. The van der Waals surface area contributed by atoms with Crippen molar-refractivity contribution in [3.05, 3.63) is 35.5 Å². The number of nitrogens with one attached hydrogen (secondary N) is 1. The number of carbonyl (C=O) groups excluding carboxylic acids is 1. The van der Waals surface area contributed by atoms with Gasteiger partial charge in [-0.2, -0.15) is 0 Å². The van der Waals surface area contributed by atoms with Crippen LogP contribution in [0, 0.1) is 6.92 Å². The van der Waals surface area contributed by atoms with Crippen molar-refractivity contribution < 1.29 is 15.0 Å². The maximum Gasteiger partial charge on any atom is 0.223 e. The van der Waals surface area contributed by atoms with Crippen LogP contribution in [0.4, 0.5) is 0 Å². The fourth-order valence-corrected chi connectivity index (χ4v) is 2.50. The Bertz CT molecular complexity index is 601. The van der Waals surface area contributed by atoms with Crippen LogP contribution in [-0.2, 0) is 11.2 Å². The number of aromatic amines is 1. The molecule has 0 atom stereocenters. The quantitative estimate of drug-likeness (QED) is 0.717. The van der Waals surface area contributed by atoms with E-state index in [1.807, 2.05) is 19.2 Å². The first-order valence-corrected chi connectivity index (χ1v) is 7.22. The van der Waals surface area contributed by atoms with Crippen molar-refractivity contribution in [3.8, 4) is 0 Å². The molecule has 1 heterocycles. The van der Waals surface area contributed by atoms with Crippen molar-refractivity contribution in [1.82, 2.24) is 9.88 Å². The number of aliphatic hydroxyl groups excluding tert-OH is 2. The van der Waals surface area contributed by atoms with Crippen LogP contribution in [0.3, 0.4) is 0 Å². The highest BCUT2D eigenvalue weighted by atomic mass is 16.3. The largest absolute Gasteiger partial charge is 0.395 e. The van der Waals surface area contributed by atoms with E-state index >= 15 is 0 Å². The predicted octanol–water partition coefficient (Wildman–Crippen LogP) is 1.22. The molecule has 5 nitrogen and oxygen atoms in total. The normalized spacial score (nSPS) is 11.0. The molecular weight excluding hydrogens is 268 g/mol. The minimum atomic E-state index is -0.0853. The minimum absolute atomic E-state index is 0.0416. The Morgan fingerprint density at radius 3 is 2.62 bits per heavy atom. The monoisotopic (exact) mass is 290 g/mol. The molecule has 1 aromatic heterocycles. The van der Waals surface area contributed by atoms with Crippen molar-refractivity contribution in [3.63, 3.8) is 0 Å². The van der Waals surface area contributed by atoms with Gasteiger partial charge in [-0.05, 0) is 31.0 Å². The number of rotatable bonds is 7.